The molecule has 2 N–H and O–H groups in total. The molecule has 29 heavy (non-hydrogen) atoms. The molecule has 0 bridgehead atoms. The molecule has 4 aromatic rings. The molecule has 1 aliphatic heterocycles. The third-order valence-electron chi connectivity index (χ3n) is 5.66. The largest absolute Gasteiger partial charge is 0.326 e. The number of thiophene rings is 1. The van der Waals surface area contributed by atoms with Crippen molar-refractivity contribution in [2.45, 2.75) is 26.4 Å². The van der Waals surface area contributed by atoms with Gasteiger partial charge in [0.2, 0.25) is 0 Å². The van der Waals surface area contributed by atoms with Crippen LogP contribution in [0.15, 0.2) is 59.4 Å². The van der Waals surface area contributed by atoms with Crippen LogP contribution in [0, 0.1) is 11.7 Å². The summed E-state index contributed by atoms with van der Waals surface area (Å²) < 4.78 is 2.09. The minimum atomic E-state index is -0.00314. The fraction of sp³-hybridized carbons (Fsp3) is 0.217. The third-order valence-corrected chi connectivity index (χ3v) is 7.09. The number of aryl methyl sites for hydroxylation is 1. The first-order chi connectivity index (χ1) is 14.1. The van der Waals surface area contributed by atoms with Gasteiger partial charge in [0.25, 0.3) is 5.56 Å². The summed E-state index contributed by atoms with van der Waals surface area (Å²) in [6, 6.07) is 18.5. The van der Waals surface area contributed by atoms with Crippen molar-refractivity contribution in [2.75, 3.05) is 6.54 Å². The number of benzene rings is 2. The van der Waals surface area contributed by atoms with Gasteiger partial charge in [-0.1, -0.05) is 48.0 Å². The summed E-state index contributed by atoms with van der Waals surface area (Å²) >= 11 is 7.23. The SMILES string of the molecule is Cc1ccc(-n2c(=S)[nH]c3sc4c(c3c2=O)CC[NH+](Cc2ccccc2)C4)cc1. The minimum Gasteiger partial charge on any atom is -0.326 e. The number of aromatic nitrogens is 2. The molecule has 1 unspecified atom stereocenters. The van der Waals surface area contributed by atoms with Crippen LogP contribution in [0.3, 0.4) is 0 Å². The number of nitrogens with zero attached hydrogens (tertiary/aromatic N) is 1. The van der Waals surface area contributed by atoms with Gasteiger partial charge in [-0.25, -0.2) is 0 Å². The Morgan fingerprint density at radius 3 is 2.66 bits per heavy atom. The van der Waals surface area contributed by atoms with Gasteiger partial charge in [-0.15, -0.1) is 11.3 Å². The predicted octanol–water partition coefficient (Wildman–Crippen LogP) is 3.56. The summed E-state index contributed by atoms with van der Waals surface area (Å²) in [7, 11) is 0. The Morgan fingerprint density at radius 1 is 1.14 bits per heavy atom. The quantitative estimate of drug-likeness (QED) is 0.498. The van der Waals surface area contributed by atoms with Crippen molar-refractivity contribution in [3.8, 4) is 5.69 Å². The summed E-state index contributed by atoms with van der Waals surface area (Å²) in [5.74, 6) is 0. The zero-order valence-corrected chi connectivity index (χ0v) is 17.8. The lowest BCUT2D eigenvalue weighted by molar-refractivity contribution is -0.929. The molecule has 4 nitrogen and oxygen atoms in total. The number of aromatic amines is 1. The highest BCUT2D eigenvalue weighted by molar-refractivity contribution is 7.71. The molecule has 1 aliphatic rings. The third kappa shape index (κ3) is 3.37. The molecule has 1 atom stereocenters. The molecule has 6 heteroatoms. The van der Waals surface area contributed by atoms with Gasteiger partial charge in [0.1, 0.15) is 17.9 Å². The van der Waals surface area contributed by atoms with Crippen molar-refractivity contribution in [1.29, 1.82) is 0 Å². The molecule has 0 radical (unpaired) electrons. The number of quaternary nitrogens is 1. The highest BCUT2D eigenvalue weighted by Gasteiger charge is 2.26. The lowest BCUT2D eigenvalue weighted by Gasteiger charge is -2.23. The molecule has 146 valence electrons. The molecular formula is C23H22N3OS2+. The van der Waals surface area contributed by atoms with Crippen LogP contribution < -0.4 is 10.5 Å². The molecule has 0 fully saturated rings. The van der Waals surface area contributed by atoms with E-state index < -0.39 is 0 Å². The van der Waals surface area contributed by atoms with E-state index in [1.165, 1.54) is 20.9 Å². The Bertz CT molecular complexity index is 1300. The first-order valence-corrected chi connectivity index (χ1v) is 11.1. The van der Waals surface area contributed by atoms with Crippen molar-refractivity contribution in [3.63, 3.8) is 0 Å². The van der Waals surface area contributed by atoms with Crippen LogP contribution in [-0.2, 0) is 19.5 Å². The summed E-state index contributed by atoms with van der Waals surface area (Å²) in [6.07, 6.45) is 0.922. The number of fused-ring (bicyclic) bond motifs is 3. The highest BCUT2D eigenvalue weighted by atomic mass is 32.1. The standard InChI is InChI=1S/C23H21N3OS2/c1-15-7-9-17(10-8-15)26-22(27)20-18-11-12-25(13-16-5-3-2-4-6-16)14-19(18)29-21(20)24-23(26)28/h2-10H,11-14H2,1H3,(H,24,28)/p+1. The van der Waals surface area contributed by atoms with E-state index in [1.807, 2.05) is 31.2 Å². The highest BCUT2D eigenvalue weighted by Crippen LogP contribution is 2.29. The molecule has 2 aromatic heterocycles. The van der Waals surface area contributed by atoms with Crippen molar-refractivity contribution in [1.82, 2.24) is 9.55 Å². The number of hydrogen-bond donors (Lipinski definition) is 2. The Hall–Kier alpha value is -2.54. The fourth-order valence-electron chi connectivity index (χ4n) is 4.17. The second-order valence-corrected chi connectivity index (χ2v) is 9.20. The summed E-state index contributed by atoms with van der Waals surface area (Å²) in [5, 5.41) is 0.818. The summed E-state index contributed by atoms with van der Waals surface area (Å²) in [6.45, 7) is 5.04. The van der Waals surface area contributed by atoms with E-state index in [1.54, 1.807) is 15.9 Å². The Labute approximate surface area is 178 Å². The fourth-order valence-corrected chi connectivity index (χ4v) is 5.84. The second-order valence-electron chi connectivity index (χ2n) is 7.70. The molecule has 2 aromatic carbocycles. The minimum absolute atomic E-state index is 0.00314. The summed E-state index contributed by atoms with van der Waals surface area (Å²) in [4.78, 5) is 20.5. The lowest BCUT2D eigenvalue weighted by Crippen LogP contribution is -3.10. The maximum absolute atomic E-state index is 13.4. The summed E-state index contributed by atoms with van der Waals surface area (Å²) in [5.41, 5.74) is 4.53. The zero-order valence-electron chi connectivity index (χ0n) is 16.2. The van der Waals surface area contributed by atoms with E-state index in [-0.39, 0.29) is 5.56 Å². The van der Waals surface area contributed by atoms with Crippen molar-refractivity contribution in [3.05, 3.63) is 91.3 Å². The van der Waals surface area contributed by atoms with E-state index in [0.717, 1.165) is 47.5 Å². The lowest BCUT2D eigenvalue weighted by atomic mass is 10.0. The van der Waals surface area contributed by atoms with Crippen LogP contribution in [0.4, 0.5) is 0 Å². The first kappa shape index (κ1) is 18.5. The molecule has 5 rings (SSSR count). The average molecular weight is 421 g/mol. The van der Waals surface area contributed by atoms with E-state index >= 15 is 0 Å². The van der Waals surface area contributed by atoms with Crippen molar-refractivity contribution < 1.29 is 4.90 Å². The zero-order chi connectivity index (χ0) is 20.0. The van der Waals surface area contributed by atoms with Crippen molar-refractivity contribution in [2.24, 2.45) is 0 Å². The topological polar surface area (TPSA) is 42.2 Å². The van der Waals surface area contributed by atoms with Gasteiger partial charge in [-0.05, 0) is 36.8 Å². The number of H-pyrrole nitrogens is 1. The maximum atomic E-state index is 13.4. The Balaban J connectivity index is 1.55. The predicted molar refractivity (Wildman–Crippen MR) is 121 cm³/mol. The van der Waals surface area contributed by atoms with E-state index in [9.17, 15) is 4.79 Å². The van der Waals surface area contributed by atoms with E-state index in [4.69, 9.17) is 12.2 Å². The van der Waals surface area contributed by atoms with Crippen LogP contribution in [0.1, 0.15) is 21.6 Å². The molecule has 0 aliphatic carbocycles. The van der Waals surface area contributed by atoms with E-state index in [2.05, 4.69) is 35.3 Å². The van der Waals surface area contributed by atoms with Gasteiger partial charge < -0.3 is 9.88 Å². The van der Waals surface area contributed by atoms with Crippen LogP contribution >= 0.6 is 23.6 Å². The van der Waals surface area contributed by atoms with Crippen LogP contribution in [0.25, 0.3) is 15.9 Å². The van der Waals surface area contributed by atoms with Gasteiger partial charge in [0.05, 0.1) is 22.5 Å². The monoisotopic (exact) mass is 420 g/mol. The van der Waals surface area contributed by atoms with Crippen molar-refractivity contribution >= 4 is 33.8 Å². The van der Waals surface area contributed by atoms with Gasteiger partial charge >= 0.3 is 0 Å². The van der Waals surface area contributed by atoms with Gasteiger partial charge in [-0.2, -0.15) is 0 Å². The average Bonchev–Trinajstić information content (AvgIpc) is 3.07. The maximum Gasteiger partial charge on any atom is 0.267 e. The Morgan fingerprint density at radius 2 is 1.90 bits per heavy atom. The number of nitrogens with one attached hydrogen (secondary N) is 2. The number of rotatable bonds is 3. The molecule has 3 heterocycles. The van der Waals surface area contributed by atoms with Gasteiger partial charge in [-0.3, -0.25) is 9.36 Å². The number of hydrogen-bond acceptors (Lipinski definition) is 3. The van der Waals surface area contributed by atoms with Crippen LogP contribution in [0.5, 0.6) is 0 Å². The molecule has 0 saturated carbocycles. The molecule has 0 amide bonds. The Kier molecular flexibility index (Phi) is 4.70. The first-order valence-electron chi connectivity index (χ1n) is 9.84. The molecule has 0 spiro atoms. The van der Waals surface area contributed by atoms with Gasteiger partial charge in [0, 0.05) is 12.0 Å². The smallest absolute Gasteiger partial charge is 0.267 e. The van der Waals surface area contributed by atoms with Gasteiger partial charge in [0.15, 0.2) is 4.77 Å². The molecule has 0 saturated heterocycles. The normalized spacial score (nSPS) is 16.1. The second kappa shape index (κ2) is 7.37. The van der Waals surface area contributed by atoms with Crippen LogP contribution in [-0.4, -0.2) is 16.1 Å². The molecular weight excluding hydrogens is 398 g/mol. The van der Waals surface area contributed by atoms with E-state index in [0.29, 0.717) is 4.77 Å². The van der Waals surface area contributed by atoms with Crippen LogP contribution in [0.2, 0.25) is 0 Å².